The van der Waals surface area contributed by atoms with Crippen LogP contribution in [0.2, 0.25) is 0 Å². The van der Waals surface area contributed by atoms with E-state index in [2.05, 4.69) is 0 Å². The highest BCUT2D eigenvalue weighted by Gasteiger charge is 2.14. The van der Waals surface area contributed by atoms with Crippen molar-refractivity contribution < 1.29 is 9.18 Å². The van der Waals surface area contributed by atoms with E-state index in [1.54, 1.807) is 30.1 Å². The van der Waals surface area contributed by atoms with Gasteiger partial charge in [0.2, 0.25) is 5.91 Å². The number of fused-ring (bicyclic) bond motifs is 1. The maximum atomic E-state index is 13.7. The molecule has 3 rings (SSSR count). The van der Waals surface area contributed by atoms with Crippen LogP contribution < -0.4 is 4.90 Å². The third-order valence-corrected chi connectivity index (χ3v) is 3.79. The molecule has 0 bridgehead atoms. The number of hydrogen-bond acceptors (Lipinski definition) is 1. The summed E-state index contributed by atoms with van der Waals surface area (Å²) in [7, 11) is 1.72. The van der Waals surface area contributed by atoms with Crippen molar-refractivity contribution in [3.63, 3.8) is 0 Å². The lowest BCUT2D eigenvalue weighted by molar-refractivity contribution is -0.117. The second kappa shape index (κ2) is 5.98. The van der Waals surface area contributed by atoms with E-state index in [0.717, 1.165) is 16.5 Å². The quantitative estimate of drug-likeness (QED) is 0.709. The monoisotopic (exact) mass is 293 g/mol. The van der Waals surface area contributed by atoms with Crippen LogP contribution in [0.4, 0.5) is 10.1 Å². The molecule has 3 aromatic carbocycles. The molecular weight excluding hydrogens is 277 g/mol. The predicted octanol–water partition coefficient (Wildman–Crippen LogP) is 4.18. The van der Waals surface area contributed by atoms with Crippen molar-refractivity contribution in [2.24, 2.45) is 0 Å². The molecule has 0 fully saturated rings. The maximum Gasteiger partial charge on any atom is 0.231 e. The van der Waals surface area contributed by atoms with E-state index in [0.29, 0.717) is 5.56 Å². The van der Waals surface area contributed by atoms with E-state index in [-0.39, 0.29) is 18.1 Å². The molecule has 0 spiro atoms. The van der Waals surface area contributed by atoms with Crippen molar-refractivity contribution in [3.05, 3.63) is 78.1 Å². The molecule has 0 saturated heterocycles. The molecule has 0 aromatic heterocycles. The second-order valence-corrected chi connectivity index (χ2v) is 5.25. The zero-order valence-corrected chi connectivity index (χ0v) is 12.3. The van der Waals surface area contributed by atoms with Crippen LogP contribution in [0.3, 0.4) is 0 Å². The van der Waals surface area contributed by atoms with Gasteiger partial charge in [-0.3, -0.25) is 4.79 Å². The summed E-state index contributed by atoms with van der Waals surface area (Å²) in [5.74, 6) is -0.483. The molecule has 0 radical (unpaired) electrons. The average molecular weight is 293 g/mol. The SMILES string of the molecule is CN(C(=O)Cc1ccccc1F)c1ccc2ccccc2c1. The van der Waals surface area contributed by atoms with Crippen LogP contribution >= 0.6 is 0 Å². The van der Waals surface area contributed by atoms with E-state index in [4.69, 9.17) is 0 Å². The van der Waals surface area contributed by atoms with Gasteiger partial charge in [0.25, 0.3) is 0 Å². The highest BCUT2D eigenvalue weighted by molar-refractivity contribution is 5.97. The Morgan fingerprint density at radius 1 is 0.955 bits per heavy atom. The molecule has 0 aliphatic heterocycles. The molecule has 0 aliphatic rings. The van der Waals surface area contributed by atoms with Crippen molar-refractivity contribution in [3.8, 4) is 0 Å². The zero-order valence-electron chi connectivity index (χ0n) is 12.3. The number of anilines is 1. The van der Waals surface area contributed by atoms with Crippen molar-refractivity contribution in [1.82, 2.24) is 0 Å². The highest BCUT2D eigenvalue weighted by Crippen LogP contribution is 2.22. The number of likely N-dealkylation sites (N-methyl/N-ethyl adjacent to an activating group) is 1. The number of nitrogens with zero attached hydrogens (tertiary/aromatic N) is 1. The molecule has 0 heterocycles. The number of amides is 1. The first kappa shape index (κ1) is 14.3. The first-order valence-corrected chi connectivity index (χ1v) is 7.14. The van der Waals surface area contributed by atoms with Crippen LogP contribution in [0.15, 0.2) is 66.7 Å². The summed E-state index contributed by atoms with van der Waals surface area (Å²) in [4.78, 5) is 13.9. The molecule has 1 amide bonds. The molecule has 0 atom stereocenters. The second-order valence-electron chi connectivity index (χ2n) is 5.25. The maximum absolute atomic E-state index is 13.7. The Bertz CT molecular complexity index is 828. The van der Waals surface area contributed by atoms with Gasteiger partial charge >= 0.3 is 0 Å². The number of rotatable bonds is 3. The Balaban J connectivity index is 1.84. The van der Waals surface area contributed by atoms with E-state index >= 15 is 0 Å². The molecule has 0 unspecified atom stereocenters. The van der Waals surface area contributed by atoms with Gasteiger partial charge in [0.1, 0.15) is 5.82 Å². The van der Waals surface area contributed by atoms with Gasteiger partial charge in [-0.1, -0.05) is 48.5 Å². The van der Waals surface area contributed by atoms with Crippen LogP contribution in [0.5, 0.6) is 0 Å². The molecule has 22 heavy (non-hydrogen) atoms. The van der Waals surface area contributed by atoms with Gasteiger partial charge in [0, 0.05) is 12.7 Å². The average Bonchev–Trinajstić information content (AvgIpc) is 2.55. The van der Waals surface area contributed by atoms with Gasteiger partial charge in [-0.05, 0) is 34.5 Å². The number of carbonyl (C=O) groups is 1. The smallest absolute Gasteiger partial charge is 0.231 e. The summed E-state index contributed by atoms with van der Waals surface area (Å²) in [5, 5.41) is 2.20. The predicted molar refractivity (Wildman–Crippen MR) is 87.5 cm³/mol. The number of carbonyl (C=O) groups excluding carboxylic acids is 1. The fraction of sp³-hybridized carbons (Fsp3) is 0.105. The van der Waals surface area contributed by atoms with Gasteiger partial charge in [-0.15, -0.1) is 0 Å². The number of halogens is 1. The molecule has 110 valence electrons. The largest absolute Gasteiger partial charge is 0.315 e. The Labute approximate surface area is 128 Å². The summed E-state index contributed by atoms with van der Waals surface area (Å²) in [6.07, 6.45) is 0.0516. The molecule has 2 nitrogen and oxygen atoms in total. The zero-order chi connectivity index (χ0) is 15.5. The number of benzene rings is 3. The first-order valence-electron chi connectivity index (χ1n) is 7.14. The third-order valence-electron chi connectivity index (χ3n) is 3.79. The van der Waals surface area contributed by atoms with Crippen LogP contribution in [0, 0.1) is 5.82 Å². The molecule has 0 N–H and O–H groups in total. The lowest BCUT2D eigenvalue weighted by Crippen LogP contribution is -2.28. The molecule has 0 saturated carbocycles. The summed E-state index contributed by atoms with van der Waals surface area (Å²) in [6, 6.07) is 20.2. The summed E-state index contributed by atoms with van der Waals surface area (Å²) < 4.78 is 13.7. The lowest BCUT2D eigenvalue weighted by atomic mass is 10.1. The lowest BCUT2D eigenvalue weighted by Gasteiger charge is -2.18. The highest BCUT2D eigenvalue weighted by atomic mass is 19.1. The normalized spacial score (nSPS) is 10.6. The Kier molecular flexibility index (Phi) is 3.88. The van der Waals surface area contributed by atoms with Gasteiger partial charge in [0.15, 0.2) is 0 Å². The Morgan fingerprint density at radius 3 is 2.41 bits per heavy atom. The molecule has 3 aromatic rings. The topological polar surface area (TPSA) is 20.3 Å². The summed E-state index contributed by atoms with van der Waals surface area (Å²) in [6.45, 7) is 0. The van der Waals surface area contributed by atoms with Crippen LogP contribution in [-0.4, -0.2) is 13.0 Å². The fourth-order valence-electron chi connectivity index (χ4n) is 2.45. The van der Waals surface area contributed by atoms with E-state index in [1.807, 2.05) is 42.5 Å². The molecular formula is C19H16FNO. The van der Waals surface area contributed by atoms with Gasteiger partial charge in [-0.2, -0.15) is 0 Å². The third kappa shape index (κ3) is 2.84. The summed E-state index contributed by atoms with van der Waals surface area (Å²) in [5.41, 5.74) is 1.22. The molecule has 3 heteroatoms. The number of hydrogen-bond donors (Lipinski definition) is 0. The van der Waals surface area contributed by atoms with Crippen molar-refractivity contribution in [2.75, 3.05) is 11.9 Å². The minimum absolute atomic E-state index is 0.0516. The van der Waals surface area contributed by atoms with Gasteiger partial charge in [0.05, 0.1) is 6.42 Å². The minimum atomic E-state index is -0.345. The van der Waals surface area contributed by atoms with Crippen LogP contribution in [0.25, 0.3) is 10.8 Å². The van der Waals surface area contributed by atoms with Crippen LogP contribution in [0.1, 0.15) is 5.56 Å². The van der Waals surface area contributed by atoms with E-state index in [1.165, 1.54) is 6.07 Å². The van der Waals surface area contributed by atoms with Crippen molar-refractivity contribution >= 4 is 22.4 Å². The minimum Gasteiger partial charge on any atom is -0.315 e. The van der Waals surface area contributed by atoms with Crippen LogP contribution in [-0.2, 0) is 11.2 Å². The Morgan fingerprint density at radius 2 is 1.64 bits per heavy atom. The van der Waals surface area contributed by atoms with Crippen molar-refractivity contribution in [1.29, 1.82) is 0 Å². The fourth-order valence-corrected chi connectivity index (χ4v) is 2.45. The first-order chi connectivity index (χ1) is 10.6. The van der Waals surface area contributed by atoms with E-state index < -0.39 is 0 Å². The van der Waals surface area contributed by atoms with Crippen molar-refractivity contribution in [2.45, 2.75) is 6.42 Å². The molecule has 0 aliphatic carbocycles. The standard InChI is InChI=1S/C19H16FNO/c1-21(19(22)13-16-8-4-5-9-18(16)20)17-11-10-14-6-2-3-7-15(14)12-17/h2-12H,13H2,1H3. The Hall–Kier alpha value is -2.68. The summed E-state index contributed by atoms with van der Waals surface area (Å²) >= 11 is 0. The van der Waals surface area contributed by atoms with Gasteiger partial charge in [-0.25, -0.2) is 4.39 Å². The van der Waals surface area contributed by atoms with E-state index in [9.17, 15) is 9.18 Å². The van der Waals surface area contributed by atoms with Gasteiger partial charge < -0.3 is 4.90 Å².